The van der Waals surface area contributed by atoms with Gasteiger partial charge in [-0.15, -0.1) is 0 Å². The van der Waals surface area contributed by atoms with Crippen molar-refractivity contribution in [3.8, 4) is 0 Å². The van der Waals surface area contributed by atoms with E-state index >= 15 is 0 Å². The molecule has 1 aromatic rings. The van der Waals surface area contributed by atoms with Crippen molar-refractivity contribution in [2.24, 2.45) is 5.92 Å². The molecule has 3 heteroatoms. The van der Waals surface area contributed by atoms with Crippen LogP contribution in [0.2, 0.25) is 0 Å². The Hall–Kier alpha value is -0.410. The molecule has 1 N–H and O–H groups in total. The van der Waals surface area contributed by atoms with Crippen molar-refractivity contribution in [3.63, 3.8) is 0 Å². The van der Waals surface area contributed by atoms with Gasteiger partial charge in [-0.3, -0.25) is 0 Å². The molecule has 0 saturated heterocycles. The maximum absolute atomic E-state index is 13.1. The monoisotopic (exact) mass is 301 g/mol. The van der Waals surface area contributed by atoms with Crippen LogP contribution in [-0.2, 0) is 6.42 Å². The van der Waals surface area contributed by atoms with E-state index in [9.17, 15) is 4.39 Å². The van der Waals surface area contributed by atoms with Gasteiger partial charge in [0.2, 0.25) is 0 Å². The largest absolute Gasteiger partial charge is 0.314 e. The second kappa shape index (κ2) is 7.12. The molecule has 0 saturated carbocycles. The molecule has 1 aromatic carbocycles. The summed E-state index contributed by atoms with van der Waals surface area (Å²) in [7, 11) is 0. The van der Waals surface area contributed by atoms with E-state index < -0.39 is 0 Å². The van der Waals surface area contributed by atoms with Crippen molar-refractivity contribution in [1.82, 2.24) is 5.32 Å². The minimum atomic E-state index is -0.197. The lowest BCUT2D eigenvalue weighted by atomic mass is 9.93. The van der Waals surface area contributed by atoms with Gasteiger partial charge in [0, 0.05) is 6.04 Å². The zero-order valence-electron chi connectivity index (χ0n) is 10.8. The smallest absolute Gasteiger partial charge is 0.137 e. The van der Waals surface area contributed by atoms with Gasteiger partial charge in [-0.2, -0.15) is 0 Å². The molecule has 0 fully saturated rings. The Kier molecular flexibility index (Phi) is 6.14. The third-order valence-electron chi connectivity index (χ3n) is 3.24. The van der Waals surface area contributed by atoms with Gasteiger partial charge in [0.05, 0.1) is 4.47 Å². The SMILES string of the molecule is CCNC(Cc1ccc(F)c(Br)c1)C(C)CC. The van der Waals surface area contributed by atoms with Crippen LogP contribution in [0.3, 0.4) is 0 Å². The molecule has 0 spiro atoms. The standard InChI is InChI=1S/C14H21BrFN/c1-4-10(3)14(17-5-2)9-11-6-7-13(16)12(15)8-11/h6-8,10,14,17H,4-5,9H2,1-3H3. The third-order valence-corrected chi connectivity index (χ3v) is 3.84. The Morgan fingerprint density at radius 2 is 2.06 bits per heavy atom. The van der Waals surface area contributed by atoms with Crippen LogP contribution in [0, 0.1) is 11.7 Å². The summed E-state index contributed by atoms with van der Waals surface area (Å²) < 4.78 is 13.7. The fourth-order valence-corrected chi connectivity index (χ4v) is 2.37. The summed E-state index contributed by atoms with van der Waals surface area (Å²) in [5.74, 6) is 0.427. The van der Waals surface area contributed by atoms with E-state index in [0.717, 1.165) is 19.4 Å². The molecule has 0 amide bonds. The molecule has 2 atom stereocenters. The first-order valence-corrected chi connectivity index (χ1v) is 7.05. The Balaban J connectivity index is 2.74. The third kappa shape index (κ3) is 4.40. The van der Waals surface area contributed by atoms with E-state index in [2.05, 4.69) is 42.0 Å². The second-order valence-electron chi connectivity index (χ2n) is 4.50. The van der Waals surface area contributed by atoms with E-state index in [1.807, 2.05) is 12.1 Å². The van der Waals surface area contributed by atoms with Gasteiger partial charge in [-0.05, 0) is 52.5 Å². The highest BCUT2D eigenvalue weighted by Gasteiger charge is 2.15. The van der Waals surface area contributed by atoms with E-state index in [1.54, 1.807) is 0 Å². The molecule has 0 aliphatic heterocycles. The Bertz CT molecular complexity index is 354. The summed E-state index contributed by atoms with van der Waals surface area (Å²) in [5, 5.41) is 3.51. The van der Waals surface area contributed by atoms with Crippen LogP contribution in [0.15, 0.2) is 22.7 Å². The fraction of sp³-hybridized carbons (Fsp3) is 0.571. The molecule has 0 radical (unpaired) electrons. The van der Waals surface area contributed by atoms with Crippen LogP contribution in [0.1, 0.15) is 32.8 Å². The van der Waals surface area contributed by atoms with E-state index in [4.69, 9.17) is 0 Å². The lowest BCUT2D eigenvalue weighted by molar-refractivity contribution is 0.371. The molecule has 0 aliphatic rings. The average Bonchev–Trinajstić information content (AvgIpc) is 2.32. The summed E-state index contributed by atoms with van der Waals surface area (Å²) in [6, 6.07) is 5.73. The van der Waals surface area contributed by atoms with E-state index in [-0.39, 0.29) is 5.82 Å². The molecule has 1 nitrogen and oxygen atoms in total. The molecule has 0 aliphatic carbocycles. The zero-order chi connectivity index (χ0) is 12.8. The maximum atomic E-state index is 13.1. The predicted octanol–water partition coefficient (Wildman–Crippen LogP) is 4.15. The van der Waals surface area contributed by atoms with Crippen molar-refractivity contribution in [2.75, 3.05) is 6.54 Å². The van der Waals surface area contributed by atoms with Crippen LogP contribution >= 0.6 is 15.9 Å². The molecule has 2 unspecified atom stereocenters. The average molecular weight is 302 g/mol. The van der Waals surface area contributed by atoms with Gasteiger partial charge in [0.1, 0.15) is 5.82 Å². The van der Waals surface area contributed by atoms with Crippen molar-refractivity contribution in [2.45, 2.75) is 39.7 Å². The highest BCUT2D eigenvalue weighted by atomic mass is 79.9. The van der Waals surface area contributed by atoms with E-state index in [0.29, 0.717) is 16.4 Å². The number of hydrogen-bond donors (Lipinski definition) is 1. The van der Waals surface area contributed by atoms with Crippen LogP contribution in [-0.4, -0.2) is 12.6 Å². The lowest BCUT2D eigenvalue weighted by Crippen LogP contribution is -2.36. The first-order valence-electron chi connectivity index (χ1n) is 6.25. The molecule has 96 valence electrons. The number of benzene rings is 1. The van der Waals surface area contributed by atoms with Crippen LogP contribution in [0.4, 0.5) is 4.39 Å². The van der Waals surface area contributed by atoms with Gasteiger partial charge in [-0.25, -0.2) is 4.39 Å². The van der Waals surface area contributed by atoms with Crippen molar-refractivity contribution in [1.29, 1.82) is 0 Å². The summed E-state index contributed by atoms with van der Waals surface area (Å²) in [6.07, 6.45) is 2.10. The van der Waals surface area contributed by atoms with Gasteiger partial charge < -0.3 is 5.32 Å². The maximum Gasteiger partial charge on any atom is 0.137 e. The van der Waals surface area contributed by atoms with Crippen molar-refractivity contribution in [3.05, 3.63) is 34.1 Å². The Morgan fingerprint density at radius 1 is 1.35 bits per heavy atom. The van der Waals surface area contributed by atoms with Crippen LogP contribution in [0.5, 0.6) is 0 Å². The van der Waals surface area contributed by atoms with Gasteiger partial charge in [-0.1, -0.05) is 33.3 Å². The summed E-state index contributed by atoms with van der Waals surface area (Å²) in [6.45, 7) is 7.55. The van der Waals surface area contributed by atoms with Crippen molar-refractivity contribution >= 4 is 15.9 Å². The summed E-state index contributed by atoms with van der Waals surface area (Å²) in [5.41, 5.74) is 1.17. The number of hydrogen-bond acceptors (Lipinski definition) is 1. The highest BCUT2D eigenvalue weighted by Crippen LogP contribution is 2.20. The van der Waals surface area contributed by atoms with Crippen LogP contribution < -0.4 is 5.32 Å². The Labute approximate surface area is 112 Å². The number of likely N-dealkylation sites (N-methyl/N-ethyl adjacent to an activating group) is 1. The van der Waals surface area contributed by atoms with Gasteiger partial charge in [0.15, 0.2) is 0 Å². The quantitative estimate of drug-likeness (QED) is 0.832. The van der Waals surface area contributed by atoms with Crippen molar-refractivity contribution < 1.29 is 4.39 Å². The van der Waals surface area contributed by atoms with Crippen LogP contribution in [0.25, 0.3) is 0 Å². The predicted molar refractivity (Wildman–Crippen MR) is 74.7 cm³/mol. The zero-order valence-corrected chi connectivity index (χ0v) is 12.3. The fourth-order valence-electron chi connectivity index (χ4n) is 1.94. The lowest BCUT2D eigenvalue weighted by Gasteiger charge is -2.24. The molecule has 0 aromatic heterocycles. The number of nitrogens with one attached hydrogen (secondary N) is 1. The van der Waals surface area contributed by atoms with Gasteiger partial charge in [0.25, 0.3) is 0 Å². The molecular formula is C14H21BrFN. The normalized spacial score (nSPS) is 14.6. The Morgan fingerprint density at radius 3 is 2.59 bits per heavy atom. The highest BCUT2D eigenvalue weighted by molar-refractivity contribution is 9.10. The first-order chi connectivity index (χ1) is 8.08. The summed E-state index contributed by atoms with van der Waals surface area (Å²) >= 11 is 3.23. The molecule has 0 heterocycles. The molecule has 17 heavy (non-hydrogen) atoms. The second-order valence-corrected chi connectivity index (χ2v) is 5.36. The topological polar surface area (TPSA) is 12.0 Å². The molecule has 0 bridgehead atoms. The molecular weight excluding hydrogens is 281 g/mol. The van der Waals surface area contributed by atoms with Gasteiger partial charge >= 0.3 is 0 Å². The number of halogens is 2. The minimum absolute atomic E-state index is 0.197. The van der Waals surface area contributed by atoms with E-state index in [1.165, 1.54) is 11.6 Å². The molecule has 1 rings (SSSR count). The number of rotatable bonds is 6. The first kappa shape index (κ1) is 14.7. The summed E-state index contributed by atoms with van der Waals surface area (Å²) in [4.78, 5) is 0. The minimum Gasteiger partial charge on any atom is -0.314 e.